The molecular weight excluding hydrogens is 212 g/mol. The third-order valence-electron chi connectivity index (χ3n) is 4.98. The van der Waals surface area contributed by atoms with Gasteiger partial charge in [-0.3, -0.25) is 4.79 Å². The predicted octanol–water partition coefficient (Wildman–Crippen LogP) is 2.20. The van der Waals surface area contributed by atoms with E-state index in [0.717, 1.165) is 6.54 Å². The van der Waals surface area contributed by atoms with Crippen molar-refractivity contribution in [3.05, 3.63) is 0 Å². The molecule has 1 unspecified atom stereocenters. The number of hydrogen-bond acceptors (Lipinski definition) is 2. The Kier molecular flexibility index (Phi) is 3.48. The summed E-state index contributed by atoms with van der Waals surface area (Å²) < 4.78 is 0. The van der Waals surface area contributed by atoms with E-state index >= 15 is 0 Å². The zero-order valence-corrected chi connectivity index (χ0v) is 11.2. The van der Waals surface area contributed by atoms with Crippen LogP contribution in [0.3, 0.4) is 0 Å². The van der Waals surface area contributed by atoms with Crippen LogP contribution in [-0.2, 0) is 4.79 Å². The van der Waals surface area contributed by atoms with Crippen LogP contribution in [0.4, 0.5) is 0 Å². The lowest BCUT2D eigenvalue weighted by atomic mass is 9.57. The zero-order valence-electron chi connectivity index (χ0n) is 11.2. The highest BCUT2D eigenvalue weighted by molar-refractivity contribution is 5.80. The first-order valence-corrected chi connectivity index (χ1v) is 7.00. The largest absolute Gasteiger partial charge is 0.369 e. The highest BCUT2D eigenvalue weighted by Gasteiger charge is 2.46. The molecule has 0 aromatic rings. The van der Waals surface area contributed by atoms with Gasteiger partial charge in [0, 0.05) is 12.6 Å². The fraction of sp³-hybridized carbons (Fsp3) is 0.929. The summed E-state index contributed by atoms with van der Waals surface area (Å²) in [5.74, 6) is -0.206. The van der Waals surface area contributed by atoms with E-state index in [2.05, 4.69) is 5.32 Å². The van der Waals surface area contributed by atoms with E-state index in [-0.39, 0.29) is 5.91 Å². The minimum atomic E-state index is -0.425. The van der Waals surface area contributed by atoms with Gasteiger partial charge in [0.2, 0.25) is 5.91 Å². The van der Waals surface area contributed by atoms with E-state index < -0.39 is 5.41 Å². The average molecular weight is 238 g/mol. The Labute approximate surface area is 105 Å². The van der Waals surface area contributed by atoms with Crippen molar-refractivity contribution in [1.82, 2.24) is 5.32 Å². The highest BCUT2D eigenvalue weighted by atomic mass is 16.1. The van der Waals surface area contributed by atoms with E-state index in [1.165, 1.54) is 44.9 Å². The van der Waals surface area contributed by atoms with Gasteiger partial charge >= 0.3 is 0 Å². The van der Waals surface area contributed by atoms with Crippen LogP contribution in [0.5, 0.6) is 0 Å². The Hall–Kier alpha value is -0.570. The van der Waals surface area contributed by atoms with E-state index in [4.69, 9.17) is 5.73 Å². The van der Waals surface area contributed by atoms with Crippen molar-refractivity contribution in [1.29, 1.82) is 0 Å². The molecule has 2 rings (SSSR count). The summed E-state index contributed by atoms with van der Waals surface area (Å²) in [6, 6.07) is 0.626. The van der Waals surface area contributed by atoms with Crippen LogP contribution in [0, 0.1) is 10.8 Å². The molecule has 17 heavy (non-hydrogen) atoms. The normalized spacial score (nSPS) is 27.8. The quantitative estimate of drug-likeness (QED) is 0.789. The Morgan fingerprint density at radius 1 is 1.29 bits per heavy atom. The van der Waals surface area contributed by atoms with Gasteiger partial charge in [-0.15, -0.1) is 0 Å². The standard InChI is InChI=1S/C14H26N2O/c1-13(2,12(15)17)10-16-11-6-9-14(11)7-4-3-5-8-14/h11,16H,3-10H2,1-2H3,(H2,15,17). The molecule has 2 aliphatic rings. The van der Waals surface area contributed by atoms with Gasteiger partial charge in [0.05, 0.1) is 5.41 Å². The van der Waals surface area contributed by atoms with Crippen molar-refractivity contribution in [3.63, 3.8) is 0 Å². The predicted molar refractivity (Wildman–Crippen MR) is 69.5 cm³/mol. The van der Waals surface area contributed by atoms with Crippen molar-refractivity contribution in [2.45, 2.75) is 64.8 Å². The van der Waals surface area contributed by atoms with Gasteiger partial charge in [0.15, 0.2) is 0 Å². The number of primary amides is 1. The Morgan fingerprint density at radius 2 is 1.94 bits per heavy atom. The number of nitrogens with one attached hydrogen (secondary N) is 1. The number of amides is 1. The molecule has 2 aliphatic carbocycles. The second-order valence-electron chi connectivity index (χ2n) is 6.64. The van der Waals surface area contributed by atoms with Crippen molar-refractivity contribution < 1.29 is 4.79 Å². The molecule has 2 fully saturated rings. The molecule has 3 heteroatoms. The van der Waals surface area contributed by atoms with Crippen molar-refractivity contribution in [3.8, 4) is 0 Å². The van der Waals surface area contributed by atoms with Crippen LogP contribution in [0.1, 0.15) is 58.8 Å². The maximum absolute atomic E-state index is 11.3. The monoisotopic (exact) mass is 238 g/mol. The second kappa shape index (κ2) is 4.60. The molecule has 98 valence electrons. The Morgan fingerprint density at radius 3 is 2.41 bits per heavy atom. The number of carbonyl (C=O) groups is 1. The second-order valence-corrected chi connectivity index (χ2v) is 6.64. The van der Waals surface area contributed by atoms with Gasteiger partial charge < -0.3 is 11.1 Å². The van der Waals surface area contributed by atoms with Crippen LogP contribution in [0.2, 0.25) is 0 Å². The summed E-state index contributed by atoms with van der Waals surface area (Å²) in [6.45, 7) is 4.57. The molecule has 1 spiro atoms. The maximum Gasteiger partial charge on any atom is 0.224 e. The topological polar surface area (TPSA) is 55.1 Å². The van der Waals surface area contributed by atoms with Crippen LogP contribution in [-0.4, -0.2) is 18.5 Å². The third kappa shape index (κ3) is 2.49. The summed E-state index contributed by atoms with van der Waals surface area (Å²) in [5, 5.41) is 3.60. The highest BCUT2D eigenvalue weighted by Crippen LogP contribution is 2.51. The van der Waals surface area contributed by atoms with Crippen LogP contribution in [0.25, 0.3) is 0 Å². The molecule has 0 radical (unpaired) electrons. The maximum atomic E-state index is 11.3. The molecule has 0 heterocycles. The van der Waals surface area contributed by atoms with Gasteiger partial charge in [-0.1, -0.05) is 19.3 Å². The fourth-order valence-corrected chi connectivity index (χ4v) is 3.34. The van der Waals surface area contributed by atoms with Crippen LogP contribution < -0.4 is 11.1 Å². The van der Waals surface area contributed by atoms with Gasteiger partial charge in [0.25, 0.3) is 0 Å². The van der Waals surface area contributed by atoms with Crippen molar-refractivity contribution >= 4 is 5.91 Å². The molecule has 3 nitrogen and oxygen atoms in total. The van der Waals surface area contributed by atoms with E-state index in [1.54, 1.807) is 0 Å². The SMILES string of the molecule is CC(C)(CNC1CCC12CCCCC2)C(N)=O. The minimum absolute atomic E-state index is 0.206. The third-order valence-corrected chi connectivity index (χ3v) is 4.98. The van der Waals surface area contributed by atoms with Crippen molar-refractivity contribution in [2.24, 2.45) is 16.6 Å². The summed E-state index contributed by atoms with van der Waals surface area (Å²) >= 11 is 0. The molecule has 0 saturated heterocycles. The first kappa shape index (κ1) is 12.9. The Bertz CT molecular complexity index is 293. The molecule has 1 atom stereocenters. The molecule has 0 aromatic heterocycles. The first-order valence-electron chi connectivity index (χ1n) is 7.00. The van der Waals surface area contributed by atoms with Gasteiger partial charge in [-0.25, -0.2) is 0 Å². The number of rotatable bonds is 4. The molecule has 3 N–H and O–H groups in total. The molecule has 0 bridgehead atoms. The zero-order chi connectivity index (χ0) is 12.5. The number of hydrogen-bond donors (Lipinski definition) is 2. The number of carbonyl (C=O) groups excluding carboxylic acids is 1. The average Bonchev–Trinajstić information content (AvgIpc) is 2.28. The van der Waals surface area contributed by atoms with E-state index in [9.17, 15) is 4.79 Å². The van der Waals surface area contributed by atoms with Crippen molar-refractivity contribution in [2.75, 3.05) is 6.54 Å². The molecule has 0 aromatic carbocycles. The van der Waals surface area contributed by atoms with E-state index in [0.29, 0.717) is 11.5 Å². The molecule has 0 aliphatic heterocycles. The van der Waals surface area contributed by atoms with Gasteiger partial charge in [0.1, 0.15) is 0 Å². The summed E-state index contributed by atoms with van der Waals surface area (Å²) in [4.78, 5) is 11.3. The Balaban J connectivity index is 1.86. The summed E-state index contributed by atoms with van der Waals surface area (Å²) in [5.41, 5.74) is 5.54. The molecule has 1 amide bonds. The number of nitrogens with two attached hydrogens (primary N) is 1. The summed E-state index contributed by atoms with van der Waals surface area (Å²) in [6.07, 6.45) is 9.58. The lowest BCUT2D eigenvalue weighted by Gasteiger charge is -2.53. The van der Waals surface area contributed by atoms with Gasteiger partial charge in [-0.2, -0.15) is 0 Å². The molecule has 2 saturated carbocycles. The lowest BCUT2D eigenvalue weighted by Crippen LogP contribution is -2.57. The van der Waals surface area contributed by atoms with Crippen LogP contribution >= 0.6 is 0 Å². The van der Waals surface area contributed by atoms with E-state index in [1.807, 2.05) is 13.8 Å². The first-order chi connectivity index (χ1) is 7.96. The van der Waals surface area contributed by atoms with Crippen LogP contribution in [0.15, 0.2) is 0 Å². The summed E-state index contributed by atoms with van der Waals surface area (Å²) in [7, 11) is 0. The molecular formula is C14H26N2O. The van der Waals surface area contributed by atoms with Gasteiger partial charge in [-0.05, 0) is 44.9 Å². The minimum Gasteiger partial charge on any atom is -0.369 e. The lowest BCUT2D eigenvalue weighted by molar-refractivity contribution is -0.126. The fourth-order valence-electron chi connectivity index (χ4n) is 3.34. The smallest absolute Gasteiger partial charge is 0.224 e.